The summed E-state index contributed by atoms with van der Waals surface area (Å²) < 4.78 is 11.0. The molecule has 1 saturated heterocycles. The molecule has 1 aliphatic rings. The van der Waals surface area contributed by atoms with Crippen LogP contribution in [0.4, 0.5) is 5.13 Å². The second-order valence-electron chi connectivity index (χ2n) is 5.45. The standard InChI is InChI=1S/C14H19N5O3S/c1-8-3-9(22-12-4-11(21-2)16-7-17-12)5-19(8)6-10-13(20)18-14(15)23-10/h4,7-9,20H,3,5-6H2,1-2H3,(H2,15,18). The number of hydrogen-bond donors (Lipinski definition) is 2. The van der Waals surface area contributed by atoms with Gasteiger partial charge in [-0.05, 0) is 6.92 Å². The Bertz CT molecular complexity index is 680. The van der Waals surface area contributed by atoms with Crippen LogP contribution in [0.3, 0.4) is 0 Å². The van der Waals surface area contributed by atoms with Crippen molar-refractivity contribution in [3.63, 3.8) is 0 Å². The van der Waals surface area contributed by atoms with Crippen molar-refractivity contribution in [2.45, 2.75) is 32.0 Å². The Hall–Kier alpha value is -2.13. The molecule has 9 heteroatoms. The zero-order valence-electron chi connectivity index (χ0n) is 13.0. The molecule has 124 valence electrons. The molecule has 2 atom stereocenters. The Balaban J connectivity index is 1.62. The molecule has 0 bridgehead atoms. The summed E-state index contributed by atoms with van der Waals surface area (Å²) in [5.41, 5.74) is 5.62. The van der Waals surface area contributed by atoms with Crippen molar-refractivity contribution >= 4 is 16.5 Å². The summed E-state index contributed by atoms with van der Waals surface area (Å²) in [5, 5.41) is 10.1. The zero-order valence-corrected chi connectivity index (χ0v) is 13.8. The minimum atomic E-state index is 0.0182. The summed E-state index contributed by atoms with van der Waals surface area (Å²) in [6, 6.07) is 2.00. The molecule has 8 nitrogen and oxygen atoms in total. The van der Waals surface area contributed by atoms with Crippen molar-refractivity contribution in [2.24, 2.45) is 0 Å². The van der Waals surface area contributed by atoms with Crippen LogP contribution in [0.1, 0.15) is 18.2 Å². The van der Waals surface area contributed by atoms with Gasteiger partial charge in [0.1, 0.15) is 12.4 Å². The maximum Gasteiger partial charge on any atom is 0.228 e. The van der Waals surface area contributed by atoms with Crippen molar-refractivity contribution in [3.8, 4) is 17.6 Å². The van der Waals surface area contributed by atoms with Gasteiger partial charge in [0.25, 0.3) is 0 Å². The van der Waals surface area contributed by atoms with Crippen LogP contribution in [0, 0.1) is 0 Å². The SMILES string of the molecule is COc1cc(OC2CC(C)N(Cc3sc(N)nc3O)C2)ncn1. The predicted molar refractivity (Wildman–Crippen MR) is 85.7 cm³/mol. The van der Waals surface area contributed by atoms with Gasteiger partial charge >= 0.3 is 0 Å². The van der Waals surface area contributed by atoms with E-state index in [1.54, 1.807) is 13.2 Å². The van der Waals surface area contributed by atoms with Crippen molar-refractivity contribution in [1.82, 2.24) is 19.9 Å². The van der Waals surface area contributed by atoms with E-state index in [-0.39, 0.29) is 12.0 Å². The van der Waals surface area contributed by atoms with E-state index in [4.69, 9.17) is 15.2 Å². The van der Waals surface area contributed by atoms with Gasteiger partial charge in [-0.15, -0.1) is 0 Å². The molecule has 1 aliphatic heterocycles. The van der Waals surface area contributed by atoms with Crippen molar-refractivity contribution in [1.29, 1.82) is 0 Å². The Kier molecular flexibility index (Phi) is 4.49. The molecule has 1 fully saturated rings. The van der Waals surface area contributed by atoms with E-state index in [9.17, 15) is 5.11 Å². The van der Waals surface area contributed by atoms with Crippen molar-refractivity contribution in [3.05, 3.63) is 17.3 Å². The molecule has 0 radical (unpaired) electrons. The minimum Gasteiger partial charge on any atom is -0.492 e. The number of aromatic hydroxyl groups is 1. The third-order valence-electron chi connectivity index (χ3n) is 3.82. The Morgan fingerprint density at radius 3 is 2.91 bits per heavy atom. The summed E-state index contributed by atoms with van der Waals surface area (Å²) in [6.07, 6.45) is 2.32. The normalized spacial score (nSPS) is 21.5. The highest BCUT2D eigenvalue weighted by Crippen LogP contribution is 2.30. The van der Waals surface area contributed by atoms with Gasteiger partial charge in [0, 0.05) is 25.6 Å². The Morgan fingerprint density at radius 1 is 1.43 bits per heavy atom. The third-order valence-corrected chi connectivity index (χ3v) is 4.68. The number of nitrogens with two attached hydrogens (primary N) is 1. The minimum absolute atomic E-state index is 0.0182. The summed E-state index contributed by atoms with van der Waals surface area (Å²) in [5.74, 6) is 0.994. The molecule has 3 heterocycles. The van der Waals surface area contributed by atoms with Crippen molar-refractivity contribution in [2.75, 3.05) is 19.4 Å². The number of nitrogens with zero attached hydrogens (tertiary/aromatic N) is 4. The number of ether oxygens (including phenoxy) is 2. The maximum absolute atomic E-state index is 9.77. The smallest absolute Gasteiger partial charge is 0.228 e. The number of aromatic nitrogens is 3. The Labute approximate surface area is 137 Å². The van der Waals surface area contributed by atoms with E-state index in [1.807, 2.05) is 0 Å². The molecule has 0 saturated carbocycles. The highest BCUT2D eigenvalue weighted by Gasteiger charge is 2.31. The molecular weight excluding hydrogens is 318 g/mol. The molecule has 2 unspecified atom stereocenters. The highest BCUT2D eigenvalue weighted by molar-refractivity contribution is 7.15. The van der Waals surface area contributed by atoms with Gasteiger partial charge < -0.3 is 20.3 Å². The first-order valence-electron chi connectivity index (χ1n) is 7.26. The van der Waals surface area contributed by atoms with Gasteiger partial charge in [0.05, 0.1) is 18.1 Å². The van der Waals surface area contributed by atoms with Gasteiger partial charge in [0.2, 0.25) is 17.6 Å². The average molecular weight is 337 g/mol. The van der Waals surface area contributed by atoms with Crippen LogP contribution < -0.4 is 15.2 Å². The van der Waals surface area contributed by atoms with Crippen LogP contribution in [0.25, 0.3) is 0 Å². The molecule has 0 amide bonds. The summed E-state index contributed by atoms with van der Waals surface area (Å²) in [6.45, 7) is 3.48. The molecule has 23 heavy (non-hydrogen) atoms. The summed E-state index contributed by atoms with van der Waals surface area (Å²) >= 11 is 1.31. The van der Waals surface area contributed by atoms with E-state index >= 15 is 0 Å². The second-order valence-corrected chi connectivity index (χ2v) is 6.57. The van der Waals surface area contributed by atoms with Crippen LogP contribution in [0.2, 0.25) is 0 Å². The van der Waals surface area contributed by atoms with E-state index in [0.717, 1.165) is 17.8 Å². The van der Waals surface area contributed by atoms with E-state index in [0.29, 0.717) is 29.5 Å². The number of methoxy groups -OCH3 is 1. The number of likely N-dealkylation sites (tertiary alicyclic amines) is 1. The third kappa shape index (κ3) is 3.62. The largest absolute Gasteiger partial charge is 0.492 e. The van der Waals surface area contributed by atoms with Crippen LogP contribution in [0.15, 0.2) is 12.4 Å². The molecular formula is C14H19N5O3S. The lowest BCUT2D eigenvalue weighted by Gasteiger charge is -2.19. The molecule has 0 spiro atoms. The zero-order chi connectivity index (χ0) is 16.4. The quantitative estimate of drug-likeness (QED) is 0.840. The lowest BCUT2D eigenvalue weighted by Crippen LogP contribution is -2.27. The first-order chi connectivity index (χ1) is 11.0. The van der Waals surface area contributed by atoms with Gasteiger partial charge in [-0.2, -0.15) is 4.98 Å². The van der Waals surface area contributed by atoms with Gasteiger partial charge in [0.15, 0.2) is 5.13 Å². The first-order valence-corrected chi connectivity index (χ1v) is 8.07. The number of anilines is 1. The lowest BCUT2D eigenvalue weighted by atomic mass is 10.2. The van der Waals surface area contributed by atoms with E-state index in [2.05, 4.69) is 26.8 Å². The molecule has 2 aromatic heterocycles. The van der Waals surface area contributed by atoms with Crippen molar-refractivity contribution < 1.29 is 14.6 Å². The van der Waals surface area contributed by atoms with Crippen LogP contribution >= 0.6 is 11.3 Å². The van der Waals surface area contributed by atoms with Crippen LogP contribution in [-0.4, -0.2) is 50.8 Å². The molecule has 0 aromatic carbocycles. The van der Waals surface area contributed by atoms with Gasteiger partial charge in [-0.25, -0.2) is 9.97 Å². The lowest BCUT2D eigenvalue weighted by molar-refractivity contribution is 0.187. The second kappa shape index (κ2) is 6.55. The fraction of sp³-hybridized carbons (Fsp3) is 0.500. The number of hydrogen-bond acceptors (Lipinski definition) is 9. The summed E-state index contributed by atoms with van der Waals surface area (Å²) in [7, 11) is 1.55. The van der Waals surface area contributed by atoms with E-state index < -0.39 is 0 Å². The Morgan fingerprint density at radius 2 is 2.22 bits per heavy atom. The number of thiazole rings is 1. The van der Waals surface area contributed by atoms with Crippen LogP contribution in [0.5, 0.6) is 17.6 Å². The number of nitrogen functional groups attached to an aromatic ring is 1. The monoisotopic (exact) mass is 337 g/mol. The fourth-order valence-electron chi connectivity index (χ4n) is 2.67. The summed E-state index contributed by atoms with van der Waals surface area (Å²) in [4.78, 5) is 14.9. The fourth-order valence-corrected chi connectivity index (χ4v) is 3.42. The molecule has 3 rings (SSSR count). The van der Waals surface area contributed by atoms with Gasteiger partial charge in [-0.1, -0.05) is 11.3 Å². The average Bonchev–Trinajstić information content (AvgIpc) is 3.02. The maximum atomic E-state index is 9.77. The van der Waals surface area contributed by atoms with Gasteiger partial charge in [-0.3, -0.25) is 4.90 Å². The molecule has 3 N–H and O–H groups in total. The topological polar surface area (TPSA) is 107 Å². The molecule has 0 aliphatic carbocycles. The first kappa shape index (κ1) is 15.8. The predicted octanol–water partition coefficient (Wildman–Crippen LogP) is 1.27. The number of rotatable bonds is 5. The van der Waals surface area contributed by atoms with Crippen LogP contribution in [-0.2, 0) is 6.54 Å². The molecule has 2 aromatic rings. The highest BCUT2D eigenvalue weighted by atomic mass is 32.1. The van der Waals surface area contributed by atoms with E-state index in [1.165, 1.54) is 17.7 Å².